The van der Waals surface area contributed by atoms with Crippen molar-refractivity contribution in [2.45, 2.75) is 37.4 Å². The number of fused-ring (bicyclic) bond motifs is 1. The van der Waals surface area contributed by atoms with Gasteiger partial charge in [0.05, 0.1) is 11.2 Å². The molecule has 1 amide bonds. The number of halogens is 5. The van der Waals surface area contributed by atoms with E-state index in [9.17, 15) is 22.4 Å². The molecule has 1 fully saturated rings. The van der Waals surface area contributed by atoms with Crippen molar-refractivity contribution in [3.63, 3.8) is 0 Å². The number of aromatic amines is 1. The Morgan fingerprint density at radius 1 is 1.23 bits per heavy atom. The number of hydrogen-bond donors (Lipinski definition) is 3. The number of alkyl halides is 3. The van der Waals surface area contributed by atoms with E-state index in [4.69, 9.17) is 11.6 Å². The molecule has 0 unspecified atom stereocenters. The topological polar surface area (TPSA) is 95.6 Å². The molecule has 4 rings (SSSR count). The predicted octanol–water partition coefficient (Wildman–Crippen LogP) is 4.22. The van der Waals surface area contributed by atoms with Crippen molar-refractivity contribution in [1.29, 1.82) is 0 Å². The fraction of sp³-hybridized carbons (Fsp3) is 0.368. The Hall–Kier alpha value is -2.95. The maximum atomic E-state index is 14.5. The van der Waals surface area contributed by atoms with Crippen LogP contribution in [0.15, 0.2) is 24.7 Å². The van der Waals surface area contributed by atoms with Gasteiger partial charge in [0.1, 0.15) is 17.7 Å². The summed E-state index contributed by atoms with van der Waals surface area (Å²) in [5, 5.41) is 5.66. The maximum Gasteiger partial charge on any atom is 0.405 e. The summed E-state index contributed by atoms with van der Waals surface area (Å²) >= 11 is 6.01. The molecule has 0 aliphatic heterocycles. The van der Waals surface area contributed by atoms with Gasteiger partial charge in [-0.05, 0) is 18.9 Å². The smallest absolute Gasteiger partial charge is 0.353 e. The predicted molar refractivity (Wildman–Crippen MR) is 106 cm³/mol. The van der Waals surface area contributed by atoms with Crippen LogP contribution in [0.1, 0.15) is 25.7 Å². The van der Waals surface area contributed by atoms with Crippen molar-refractivity contribution in [3.8, 4) is 11.4 Å². The molecule has 0 spiro atoms. The fourth-order valence-corrected chi connectivity index (χ4v) is 3.87. The van der Waals surface area contributed by atoms with Crippen LogP contribution in [-0.2, 0) is 4.79 Å². The van der Waals surface area contributed by atoms with Crippen LogP contribution < -0.4 is 10.6 Å². The Labute approximate surface area is 178 Å². The molecule has 0 atom stereocenters. The van der Waals surface area contributed by atoms with E-state index in [0.29, 0.717) is 34.5 Å². The van der Waals surface area contributed by atoms with Crippen LogP contribution in [-0.4, -0.2) is 44.1 Å². The lowest BCUT2D eigenvalue weighted by Crippen LogP contribution is -2.52. The summed E-state index contributed by atoms with van der Waals surface area (Å²) < 4.78 is 52.2. The number of nitrogens with one attached hydrogen (secondary N) is 3. The van der Waals surface area contributed by atoms with Gasteiger partial charge in [-0.3, -0.25) is 4.79 Å². The highest BCUT2D eigenvalue weighted by atomic mass is 35.5. The van der Waals surface area contributed by atoms with Gasteiger partial charge < -0.3 is 15.6 Å². The Balaban J connectivity index is 1.66. The van der Waals surface area contributed by atoms with Gasteiger partial charge in [0, 0.05) is 23.3 Å². The molecule has 7 nitrogen and oxygen atoms in total. The molecule has 12 heteroatoms. The Morgan fingerprint density at radius 3 is 2.68 bits per heavy atom. The van der Waals surface area contributed by atoms with Crippen molar-refractivity contribution in [2.75, 3.05) is 11.9 Å². The van der Waals surface area contributed by atoms with Crippen LogP contribution in [0.2, 0.25) is 5.02 Å². The minimum Gasteiger partial charge on any atom is -0.353 e. The zero-order valence-electron chi connectivity index (χ0n) is 16.0. The molecule has 164 valence electrons. The van der Waals surface area contributed by atoms with Gasteiger partial charge in [0.25, 0.3) is 0 Å². The molecule has 1 saturated carbocycles. The zero-order chi connectivity index (χ0) is 22.2. The lowest BCUT2D eigenvalue weighted by Gasteiger charge is -2.30. The van der Waals surface area contributed by atoms with Crippen LogP contribution in [0, 0.1) is 5.82 Å². The SMILES string of the molecule is O=C(NCC(F)(F)F)C1(Nc2nc(-c3c[nH]c4ncc(Cl)cc34)ncc2F)CCCC1. The van der Waals surface area contributed by atoms with Crippen LogP contribution in [0.4, 0.5) is 23.4 Å². The van der Waals surface area contributed by atoms with Crippen LogP contribution in [0.3, 0.4) is 0 Å². The molecule has 3 aromatic heterocycles. The van der Waals surface area contributed by atoms with Gasteiger partial charge in [-0.2, -0.15) is 13.2 Å². The molecule has 3 N–H and O–H groups in total. The highest BCUT2D eigenvalue weighted by Crippen LogP contribution is 2.35. The number of nitrogens with zero attached hydrogens (tertiary/aromatic N) is 3. The first-order valence-electron chi connectivity index (χ1n) is 9.46. The van der Waals surface area contributed by atoms with Crippen molar-refractivity contribution in [2.24, 2.45) is 0 Å². The van der Waals surface area contributed by atoms with Crippen molar-refractivity contribution < 1.29 is 22.4 Å². The number of hydrogen-bond acceptors (Lipinski definition) is 5. The minimum absolute atomic E-state index is 0.142. The van der Waals surface area contributed by atoms with E-state index in [1.165, 1.54) is 6.20 Å². The second-order valence-corrected chi connectivity index (χ2v) is 7.79. The minimum atomic E-state index is -4.55. The lowest BCUT2D eigenvalue weighted by atomic mass is 9.96. The monoisotopic (exact) mass is 456 g/mol. The fourth-order valence-electron chi connectivity index (χ4n) is 3.71. The Morgan fingerprint density at radius 2 is 1.97 bits per heavy atom. The van der Waals surface area contributed by atoms with Gasteiger partial charge >= 0.3 is 6.18 Å². The van der Waals surface area contributed by atoms with E-state index in [1.54, 1.807) is 12.3 Å². The second-order valence-electron chi connectivity index (χ2n) is 7.35. The molecule has 3 aromatic rings. The van der Waals surface area contributed by atoms with Crippen molar-refractivity contribution >= 4 is 34.4 Å². The van der Waals surface area contributed by atoms with Crippen LogP contribution >= 0.6 is 11.6 Å². The number of rotatable bonds is 5. The highest BCUT2D eigenvalue weighted by molar-refractivity contribution is 6.31. The summed E-state index contributed by atoms with van der Waals surface area (Å²) in [6.45, 7) is -1.46. The molecule has 0 radical (unpaired) electrons. The third-order valence-corrected chi connectivity index (χ3v) is 5.39. The van der Waals surface area contributed by atoms with E-state index < -0.39 is 30.0 Å². The van der Waals surface area contributed by atoms with Crippen molar-refractivity contribution in [3.05, 3.63) is 35.5 Å². The first kappa shape index (κ1) is 21.3. The van der Waals surface area contributed by atoms with E-state index in [1.807, 2.05) is 5.32 Å². The molecule has 0 saturated heterocycles. The van der Waals surface area contributed by atoms with E-state index in [2.05, 4.69) is 25.3 Å². The summed E-state index contributed by atoms with van der Waals surface area (Å²) in [6.07, 6.45) is 1.17. The summed E-state index contributed by atoms with van der Waals surface area (Å²) in [4.78, 5) is 27.9. The van der Waals surface area contributed by atoms with Crippen LogP contribution in [0.5, 0.6) is 0 Å². The third kappa shape index (κ3) is 4.41. The normalized spacial score (nSPS) is 15.9. The number of pyridine rings is 1. The highest BCUT2D eigenvalue weighted by Gasteiger charge is 2.43. The molecule has 0 bridgehead atoms. The number of amides is 1. The summed E-state index contributed by atoms with van der Waals surface area (Å²) in [6, 6.07) is 1.65. The Kier molecular flexibility index (Phi) is 5.46. The van der Waals surface area contributed by atoms with Gasteiger partial charge in [0.15, 0.2) is 17.5 Å². The van der Waals surface area contributed by atoms with Gasteiger partial charge in [-0.15, -0.1) is 0 Å². The average Bonchev–Trinajstić information content (AvgIpc) is 3.35. The summed E-state index contributed by atoms with van der Waals surface area (Å²) in [5.41, 5.74) is -0.348. The molecule has 1 aliphatic rings. The molecular weight excluding hydrogens is 440 g/mol. The van der Waals surface area contributed by atoms with E-state index in [-0.39, 0.29) is 24.5 Å². The Bertz CT molecular complexity index is 1130. The first-order valence-corrected chi connectivity index (χ1v) is 9.83. The molecule has 1 aliphatic carbocycles. The quantitative estimate of drug-likeness (QED) is 0.500. The van der Waals surface area contributed by atoms with Gasteiger partial charge in [0.2, 0.25) is 5.91 Å². The number of carbonyl (C=O) groups excluding carboxylic acids is 1. The number of carbonyl (C=O) groups is 1. The third-order valence-electron chi connectivity index (χ3n) is 5.18. The van der Waals surface area contributed by atoms with E-state index >= 15 is 0 Å². The number of H-pyrrole nitrogens is 1. The molecule has 3 heterocycles. The second kappa shape index (κ2) is 7.95. The maximum absolute atomic E-state index is 14.5. The largest absolute Gasteiger partial charge is 0.405 e. The number of anilines is 1. The molecule has 31 heavy (non-hydrogen) atoms. The molecule has 0 aromatic carbocycles. The standard InChI is InChI=1S/C19H17ClF4N6O/c20-10-5-11-12(7-26-14(11)25-6-10)15-27-8-13(21)16(29-15)30-18(3-1-2-4-18)17(31)28-9-19(22,23)24/h5-8H,1-4,9H2,(H,25,26)(H,28,31)(H,27,29,30). The van der Waals surface area contributed by atoms with Gasteiger partial charge in [-0.25, -0.2) is 19.3 Å². The van der Waals surface area contributed by atoms with E-state index in [0.717, 1.165) is 6.20 Å². The van der Waals surface area contributed by atoms with Gasteiger partial charge in [-0.1, -0.05) is 24.4 Å². The number of aromatic nitrogens is 4. The summed E-state index contributed by atoms with van der Waals surface area (Å²) in [7, 11) is 0. The lowest BCUT2D eigenvalue weighted by molar-refractivity contribution is -0.141. The average molecular weight is 457 g/mol. The summed E-state index contributed by atoms with van der Waals surface area (Å²) in [5.74, 6) is -1.79. The molecular formula is C19H17ClF4N6O. The zero-order valence-corrected chi connectivity index (χ0v) is 16.7. The van der Waals surface area contributed by atoms with Crippen molar-refractivity contribution in [1.82, 2.24) is 25.3 Å². The van der Waals surface area contributed by atoms with Crippen LogP contribution in [0.25, 0.3) is 22.4 Å². The first-order chi connectivity index (χ1) is 14.7.